The normalized spacial score (nSPS) is 24.1. The van der Waals surface area contributed by atoms with Crippen LogP contribution >= 0.6 is 0 Å². The maximum atomic E-state index is 13.2. The predicted octanol–water partition coefficient (Wildman–Crippen LogP) is 1.21. The van der Waals surface area contributed by atoms with Crippen LogP contribution in [0.2, 0.25) is 0 Å². The van der Waals surface area contributed by atoms with Crippen LogP contribution in [0.1, 0.15) is 63.2 Å². The summed E-state index contributed by atoms with van der Waals surface area (Å²) in [6.45, 7) is 8.86. The van der Waals surface area contributed by atoms with E-state index in [1.807, 2.05) is 13.8 Å². The summed E-state index contributed by atoms with van der Waals surface area (Å²) in [6, 6.07) is 5.44. The molecule has 10 nitrogen and oxygen atoms in total. The molecule has 0 aliphatic carbocycles. The molecule has 3 atom stereocenters. The molecular formula is C27H41N5O5. The van der Waals surface area contributed by atoms with Gasteiger partial charge in [0.2, 0.25) is 17.7 Å². The summed E-state index contributed by atoms with van der Waals surface area (Å²) in [5.74, 6) is -0.855. The van der Waals surface area contributed by atoms with Crippen LogP contribution in [0.3, 0.4) is 0 Å². The summed E-state index contributed by atoms with van der Waals surface area (Å²) in [5, 5.41) is 11.4. The van der Waals surface area contributed by atoms with E-state index in [1.165, 1.54) is 0 Å². The Morgan fingerprint density at radius 1 is 1.16 bits per heavy atom. The van der Waals surface area contributed by atoms with Crippen LogP contribution in [-0.2, 0) is 14.4 Å². The topological polar surface area (TPSA) is 129 Å². The zero-order valence-corrected chi connectivity index (χ0v) is 22.2. The van der Waals surface area contributed by atoms with Gasteiger partial charge in [-0.2, -0.15) is 0 Å². The molecule has 2 aliphatic rings. The van der Waals surface area contributed by atoms with E-state index >= 15 is 0 Å². The van der Waals surface area contributed by atoms with E-state index in [9.17, 15) is 19.2 Å². The average molecular weight is 516 g/mol. The third-order valence-corrected chi connectivity index (χ3v) is 6.85. The number of benzene rings is 1. The smallest absolute Gasteiger partial charge is 0.255 e. The second-order valence-corrected chi connectivity index (χ2v) is 10.1. The van der Waals surface area contributed by atoms with Gasteiger partial charge in [-0.25, -0.2) is 0 Å². The molecule has 0 radical (unpaired) electrons. The quantitative estimate of drug-likeness (QED) is 0.451. The highest BCUT2D eigenvalue weighted by molar-refractivity contribution is 5.99. The number of likely N-dealkylation sites (N-methyl/N-ethyl adjacent to an activating group) is 1. The van der Waals surface area contributed by atoms with Crippen molar-refractivity contribution in [2.45, 2.75) is 71.0 Å². The number of nitrogens with zero attached hydrogens (tertiary/aromatic N) is 1. The van der Waals surface area contributed by atoms with Crippen molar-refractivity contribution >= 4 is 23.6 Å². The third-order valence-electron chi connectivity index (χ3n) is 6.85. The number of carbonyl (C=O) groups excluding carboxylic acids is 4. The maximum Gasteiger partial charge on any atom is 0.255 e. The van der Waals surface area contributed by atoms with Gasteiger partial charge in [-0.1, -0.05) is 32.9 Å². The standard InChI is InChI=1S/C27H41N5O5/c1-4-32-14-7-8-19(32)17-29-26(35)21-11-12-24(33)30-22(16-18(2)3)27(36)28-13-15-37-23-10-6-5-9-20(23)25(34)31-21/h5-6,9-10,18-19,21-22H,4,7-8,11-17H2,1-3H3,(H,28,36)(H,29,35)(H,30,33)(H,31,34)/t19-,21-,22-/m0/s1. The summed E-state index contributed by atoms with van der Waals surface area (Å²) in [5.41, 5.74) is 0.289. The van der Waals surface area contributed by atoms with Gasteiger partial charge in [0.25, 0.3) is 5.91 Å². The van der Waals surface area contributed by atoms with E-state index in [-0.39, 0.29) is 61.2 Å². The molecule has 37 heavy (non-hydrogen) atoms. The lowest BCUT2D eigenvalue weighted by atomic mass is 10.0. The number of likely N-dealkylation sites (tertiary alicyclic amines) is 1. The molecule has 0 saturated carbocycles. The predicted molar refractivity (Wildman–Crippen MR) is 140 cm³/mol. The van der Waals surface area contributed by atoms with E-state index in [4.69, 9.17) is 4.74 Å². The monoisotopic (exact) mass is 515 g/mol. The van der Waals surface area contributed by atoms with Crippen molar-refractivity contribution < 1.29 is 23.9 Å². The van der Waals surface area contributed by atoms with Crippen LogP contribution in [0.25, 0.3) is 0 Å². The van der Waals surface area contributed by atoms with E-state index in [1.54, 1.807) is 24.3 Å². The van der Waals surface area contributed by atoms with Crippen LogP contribution in [0.4, 0.5) is 0 Å². The molecule has 2 heterocycles. The molecule has 10 heteroatoms. The number of hydrogen-bond donors (Lipinski definition) is 4. The van der Waals surface area contributed by atoms with E-state index < -0.39 is 18.0 Å². The summed E-state index contributed by atoms with van der Waals surface area (Å²) in [4.78, 5) is 54.2. The van der Waals surface area contributed by atoms with Crippen molar-refractivity contribution in [1.29, 1.82) is 0 Å². The van der Waals surface area contributed by atoms with Crippen LogP contribution in [0.15, 0.2) is 24.3 Å². The van der Waals surface area contributed by atoms with Gasteiger partial charge in [0.05, 0.1) is 12.1 Å². The van der Waals surface area contributed by atoms with Crippen LogP contribution in [-0.4, -0.2) is 79.4 Å². The maximum absolute atomic E-state index is 13.2. The SMILES string of the molecule is CCN1CCC[C@H]1CNC(=O)[C@@H]1CCC(=O)N[C@@H](CC(C)C)C(=O)NCCOc2ccccc2C(=O)N1. The molecule has 2 aliphatic heterocycles. The lowest BCUT2D eigenvalue weighted by Gasteiger charge is -2.25. The van der Waals surface area contributed by atoms with Gasteiger partial charge in [-0.15, -0.1) is 0 Å². The lowest BCUT2D eigenvalue weighted by Crippen LogP contribution is -2.51. The first kappa shape index (κ1) is 28.4. The number of fused-ring (bicyclic) bond motifs is 1. The van der Waals surface area contributed by atoms with Gasteiger partial charge < -0.3 is 26.0 Å². The van der Waals surface area contributed by atoms with Gasteiger partial charge in [0.15, 0.2) is 0 Å². The molecule has 0 unspecified atom stereocenters. The van der Waals surface area contributed by atoms with Gasteiger partial charge in [0, 0.05) is 19.0 Å². The highest BCUT2D eigenvalue weighted by Crippen LogP contribution is 2.19. The first-order chi connectivity index (χ1) is 17.8. The number of hydrogen-bond acceptors (Lipinski definition) is 6. The van der Waals surface area contributed by atoms with Crippen molar-refractivity contribution in [1.82, 2.24) is 26.2 Å². The zero-order chi connectivity index (χ0) is 26.8. The second-order valence-electron chi connectivity index (χ2n) is 10.1. The Hall–Kier alpha value is -3.14. The van der Waals surface area contributed by atoms with Gasteiger partial charge in [0.1, 0.15) is 24.4 Å². The van der Waals surface area contributed by atoms with E-state index in [0.717, 1.165) is 25.9 Å². The third kappa shape index (κ3) is 8.45. The van der Waals surface area contributed by atoms with Gasteiger partial charge in [-0.05, 0) is 56.8 Å². The summed E-state index contributed by atoms with van der Waals surface area (Å²) in [6.07, 6.45) is 2.68. The molecule has 1 fully saturated rings. The summed E-state index contributed by atoms with van der Waals surface area (Å²) < 4.78 is 5.79. The Kier molecular flexibility index (Phi) is 10.7. The molecule has 0 spiro atoms. The Labute approximate surface area is 219 Å². The van der Waals surface area contributed by atoms with Crippen molar-refractivity contribution in [2.24, 2.45) is 5.92 Å². The van der Waals surface area contributed by atoms with Crippen LogP contribution in [0.5, 0.6) is 5.75 Å². The molecule has 0 aromatic heterocycles. The van der Waals surface area contributed by atoms with Gasteiger partial charge in [-0.3, -0.25) is 24.1 Å². The van der Waals surface area contributed by atoms with E-state index in [0.29, 0.717) is 18.7 Å². The molecule has 0 bridgehead atoms. The number of carbonyl (C=O) groups is 4. The Bertz CT molecular complexity index is 953. The van der Waals surface area contributed by atoms with Crippen molar-refractivity contribution in [3.8, 4) is 5.75 Å². The highest BCUT2D eigenvalue weighted by Gasteiger charge is 2.28. The highest BCUT2D eigenvalue weighted by atomic mass is 16.5. The first-order valence-corrected chi connectivity index (χ1v) is 13.4. The number of rotatable bonds is 6. The number of para-hydroxylation sites is 1. The molecule has 3 rings (SSSR count). The first-order valence-electron chi connectivity index (χ1n) is 13.4. The fourth-order valence-electron chi connectivity index (χ4n) is 4.87. The Morgan fingerprint density at radius 3 is 2.70 bits per heavy atom. The molecule has 1 saturated heterocycles. The molecule has 1 aromatic rings. The lowest BCUT2D eigenvalue weighted by molar-refractivity contribution is -0.130. The minimum atomic E-state index is -0.912. The zero-order valence-electron chi connectivity index (χ0n) is 22.2. The summed E-state index contributed by atoms with van der Waals surface area (Å²) in [7, 11) is 0. The second kappa shape index (κ2) is 14.0. The molecular weight excluding hydrogens is 474 g/mol. The van der Waals surface area contributed by atoms with E-state index in [2.05, 4.69) is 33.1 Å². The minimum absolute atomic E-state index is 0.0110. The average Bonchev–Trinajstić information content (AvgIpc) is 3.34. The van der Waals surface area contributed by atoms with Gasteiger partial charge >= 0.3 is 0 Å². The summed E-state index contributed by atoms with van der Waals surface area (Å²) >= 11 is 0. The fraction of sp³-hybridized carbons (Fsp3) is 0.630. The largest absolute Gasteiger partial charge is 0.491 e. The number of amides is 4. The van der Waals surface area contributed by atoms with Crippen molar-refractivity contribution in [2.75, 3.05) is 32.8 Å². The number of ether oxygens (including phenoxy) is 1. The molecule has 204 valence electrons. The molecule has 4 N–H and O–H groups in total. The Balaban J connectivity index is 1.78. The molecule has 1 aromatic carbocycles. The fourth-order valence-corrected chi connectivity index (χ4v) is 4.87. The minimum Gasteiger partial charge on any atom is -0.491 e. The molecule has 4 amide bonds. The van der Waals surface area contributed by atoms with Crippen LogP contribution in [0, 0.1) is 5.92 Å². The van der Waals surface area contributed by atoms with Crippen molar-refractivity contribution in [3.63, 3.8) is 0 Å². The van der Waals surface area contributed by atoms with Crippen LogP contribution < -0.4 is 26.0 Å². The van der Waals surface area contributed by atoms with Crippen molar-refractivity contribution in [3.05, 3.63) is 29.8 Å². The number of nitrogens with one attached hydrogen (secondary N) is 4. The Morgan fingerprint density at radius 2 is 1.95 bits per heavy atom.